The molecule has 0 bridgehead atoms. The number of rotatable bonds is 1. The summed E-state index contributed by atoms with van der Waals surface area (Å²) in [6.07, 6.45) is -0.283. The Morgan fingerprint density at radius 2 is 2.35 bits per heavy atom. The summed E-state index contributed by atoms with van der Waals surface area (Å²) < 4.78 is 7.98. The largest absolute Gasteiger partial charge is 0.342 e. The highest BCUT2D eigenvalue weighted by Crippen LogP contribution is 2.23. The van der Waals surface area contributed by atoms with Crippen molar-refractivity contribution in [1.82, 2.24) is 25.1 Å². The first-order valence-electron chi connectivity index (χ1n) is 5.09. The number of halogens is 2. The normalized spacial score (nSPS) is 20.3. The summed E-state index contributed by atoms with van der Waals surface area (Å²) in [6, 6.07) is 0. The Labute approximate surface area is 116 Å². The number of nitrogens with one attached hydrogen (secondary N) is 1. The third kappa shape index (κ3) is 1.90. The first kappa shape index (κ1) is 11.6. The van der Waals surface area contributed by atoms with Crippen LogP contribution >= 0.6 is 34.2 Å². The number of aromatic nitrogens is 4. The molecule has 0 aliphatic carbocycles. The second-order valence-electron chi connectivity index (χ2n) is 3.68. The van der Waals surface area contributed by atoms with Crippen LogP contribution in [0.25, 0.3) is 11.2 Å². The van der Waals surface area contributed by atoms with Crippen molar-refractivity contribution in [3.8, 4) is 0 Å². The van der Waals surface area contributed by atoms with Gasteiger partial charge >= 0.3 is 0 Å². The zero-order valence-corrected chi connectivity index (χ0v) is 11.9. The third-order valence-electron chi connectivity index (χ3n) is 2.52. The summed E-state index contributed by atoms with van der Waals surface area (Å²) in [5, 5.41) is 7.96. The van der Waals surface area contributed by atoms with Crippen LogP contribution in [0.3, 0.4) is 0 Å². The van der Waals surface area contributed by atoms with Crippen molar-refractivity contribution in [1.29, 1.82) is 0 Å². The molecule has 1 saturated heterocycles. The molecule has 3 rings (SSSR count). The molecule has 1 aliphatic rings. The summed E-state index contributed by atoms with van der Waals surface area (Å²) in [6.45, 7) is 3.29. The van der Waals surface area contributed by atoms with Gasteiger partial charge in [-0.1, -0.05) is 11.6 Å². The highest BCUT2D eigenvalue weighted by Gasteiger charge is 2.23. The van der Waals surface area contributed by atoms with Crippen molar-refractivity contribution in [2.24, 2.45) is 0 Å². The molecule has 2 aromatic heterocycles. The van der Waals surface area contributed by atoms with Gasteiger partial charge in [-0.15, -0.1) is 0 Å². The minimum absolute atomic E-state index is 0.283. The van der Waals surface area contributed by atoms with Crippen LogP contribution in [-0.2, 0) is 4.74 Å². The summed E-state index contributed by atoms with van der Waals surface area (Å²) in [5.41, 5.74) is 2.10. The summed E-state index contributed by atoms with van der Waals surface area (Å²) in [5.74, 6) is 0. The summed E-state index contributed by atoms with van der Waals surface area (Å²) in [4.78, 5) is 8.72. The van der Waals surface area contributed by atoms with Gasteiger partial charge in [-0.2, -0.15) is 5.10 Å². The maximum atomic E-state index is 6.00. The predicted molar refractivity (Wildman–Crippen MR) is 70.8 cm³/mol. The van der Waals surface area contributed by atoms with E-state index in [1.807, 2.05) is 6.92 Å². The van der Waals surface area contributed by atoms with Crippen LogP contribution in [0.5, 0.6) is 0 Å². The highest BCUT2D eigenvalue weighted by molar-refractivity contribution is 14.1. The molecule has 2 aromatic rings. The van der Waals surface area contributed by atoms with Gasteiger partial charge in [0.15, 0.2) is 14.5 Å². The molecule has 0 radical (unpaired) electrons. The lowest BCUT2D eigenvalue weighted by molar-refractivity contribution is 0.0372. The van der Waals surface area contributed by atoms with E-state index in [1.54, 1.807) is 4.68 Å². The van der Waals surface area contributed by atoms with Crippen molar-refractivity contribution >= 4 is 45.4 Å². The van der Waals surface area contributed by atoms with Gasteiger partial charge in [0, 0.05) is 6.54 Å². The lowest BCUT2D eigenvalue weighted by Crippen LogP contribution is -2.22. The molecule has 0 spiro atoms. The van der Waals surface area contributed by atoms with Gasteiger partial charge in [0.2, 0.25) is 6.35 Å². The lowest BCUT2D eigenvalue weighted by Gasteiger charge is -2.10. The second kappa shape index (κ2) is 4.30. The minimum atomic E-state index is -0.283. The molecule has 1 atom stereocenters. The van der Waals surface area contributed by atoms with E-state index in [0.717, 1.165) is 15.8 Å². The van der Waals surface area contributed by atoms with E-state index >= 15 is 0 Å². The minimum Gasteiger partial charge on any atom is -0.342 e. The Morgan fingerprint density at radius 1 is 1.53 bits per heavy atom. The maximum Gasteiger partial charge on any atom is 0.208 e. The molecule has 0 saturated carbocycles. The first-order chi connectivity index (χ1) is 8.16. The zero-order chi connectivity index (χ0) is 12.0. The average molecular weight is 366 g/mol. The Morgan fingerprint density at radius 3 is 3.06 bits per heavy atom. The molecule has 3 heterocycles. The molecule has 1 fully saturated rings. The molecular weight excluding hydrogens is 356 g/mol. The summed E-state index contributed by atoms with van der Waals surface area (Å²) >= 11 is 8.13. The van der Waals surface area contributed by atoms with Crippen molar-refractivity contribution < 1.29 is 4.74 Å². The Kier molecular flexibility index (Phi) is 2.93. The van der Waals surface area contributed by atoms with Crippen LogP contribution in [0.1, 0.15) is 12.0 Å². The van der Waals surface area contributed by atoms with E-state index < -0.39 is 0 Å². The molecule has 0 aromatic carbocycles. The van der Waals surface area contributed by atoms with E-state index in [9.17, 15) is 0 Å². The Bertz CT molecular complexity index is 580. The van der Waals surface area contributed by atoms with E-state index in [2.05, 4.69) is 43.0 Å². The van der Waals surface area contributed by atoms with Crippen LogP contribution in [0.2, 0.25) is 5.15 Å². The quantitative estimate of drug-likeness (QED) is 0.775. The van der Waals surface area contributed by atoms with Gasteiger partial charge in [0.05, 0.1) is 12.3 Å². The van der Waals surface area contributed by atoms with Crippen molar-refractivity contribution in [2.45, 2.75) is 13.3 Å². The molecule has 90 valence electrons. The van der Waals surface area contributed by atoms with Crippen molar-refractivity contribution in [3.63, 3.8) is 0 Å². The molecule has 1 unspecified atom stereocenters. The molecule has 1 aliphatic heterocycles. The third-order valence-corrected chi connectivity index (χ3v) is 3.61. The van der Waals surface area contributed by atoms with Crippen LogP contribution in [0, 0.1) is 10.6 Å². The fourth-order valence-corrected chi connectivity index (χ4v) is 2.43. The van der Waals surface area contributed by atoms with Crippen LogP contribution in [-0.4, -0.2) is 32.9 Å². The topological polar surface area (TPSA) is 64.9 Å². The van der Waals surface area contributed by atoms with E-state index in [4.69, 9.17) is 16.3 Å². The SMILES string of the molecule is Cc1nc2c(I)nn(C3NCCO3)c2nc1Cl. The Hall–Kier alpha value is -0.510. The van der Waals surface area contributed by atoms with Gasteiger partial charge in [-0.3, -0.25) is 5.32 Å². The monoisotopic (exact) mass is 365 g/mol. The van der Waals surface area contributed by atoms with Gasteiger partial charge < -0.3 is 4.74 Å². The molecule has 0 amide bonds. The number of fused-ring (bicyclic) bond motifs is 1. The molecule has 6 nitrogen and oxygen atoms in total. The van der Waals surface area contributed by atoms with Crippen molar-refractivity contribution in [2.75, 3.05) is 13.2 Å². The number of ether oxygens (including phenoxy) is 1. The number of aryl methyl sites for hydroxylation is 1. The van der Waals surface area contributed by atoms with E-state index in [1.165, 1.54) is 0 Å². The van der Waals surface area contributed by atoms with Crippen LogP contribution in [0.4, 0.5) is 0 Å². The van der Waals surface area contributed by atoms with Crippen LogP contribution < -0.4 is 5.32 Å². The maximum absolute atomic E-state index is 6.00. The standard InChI is InChI=1S/C9H9ClIN5O/c1-4-6(10)14-8-5(13-4)7(11)15-16(8)9-12-2-3-17-9/h9,12H,2-3H2,1H3. The molecule has 1 N–H and O–H groups in total. The van der Waals surface area contributed by atoms with E-state index in [-0.39, 0.29) is 6.35 Å². The fourth-order valence-electron chi connectivity index (χ4n) is 1.71. The number of nitrogens with zero attached hydrogens (tertiary/aromatic N) is 4. The number of hydrogen-bond acceptors (Lipinski definition) is 5. The zero-order valence-electron chi connectivity index (χ0n) is 8.94. The predicted octanol–water partition coefficient (Wildman–Crippen LogP) is 1.47. The lowest BCUT2D eigenvalue weighted by atomic mass is 10.4. The first-order valence-corrected chi connectivity index (χ1v) is 6.55. The second-order valence-corrected chi connectivity index (χ2v) is 5.06. The van der Waals surface area contributed by atoms with Gasteiger partial charge in [0.1, 0.15) is 5.52 Å². The molecular formula is C9H9ClIN5O. The molecule has 8 heteroatoms. The van der Waals surface area contributed by atoms with Crippen LogP contribution in [0.15, 0.2) is 0 Å². The highest BCUT2D eigenvalue weighted by atomic mass is 127. The molecule has 17 heavy (non-hydrogen) atoms. The summed E-state index contributed by atoms with van der Waals surface area (Å²) in [7, 11) is 0. The number of hydrogen-bond donors (Lipinski definition) is 1. The van der Waals surface area contributed by atoms with Gasteiger partial charge in [0.25, 0.3) is 0 Å². The Balaban J connectivity index is 2.21. The van der Waals surface area contributed by atoms with Gasteiger partial charge in [-0.05, 0) is 29.5 Å². The van der Waals surface area contributed by atoms with E-state index in [0.29, 0.717) is 23.1 Å². The van der Waals surface area contributed by atoms with Gasteiger partial charge in [-0.25, -0.2) is 14.6 Å². The fraction of sp³-hybridized carbons (Fsp3) is 0.444. The average Bonchev–Trinajstić information content (AvgIpc) is 2.90. The van der Waals surface area contributed by atoms with Crippen molar-refractivity contribution in [3.05, 3.63) is 14.5 Å². The smallest absolute Gasteiger partial charge is 0.208 e.